The van der Waals surface area contributed by atoms with Gasteiger partial charge in [-0.15, -0.1) is 0 Å². The highest BCUT2D eigenvalue weighted by molar-refractivity contribution is 5.76. The molecule has 3 aliphatic heterocycles. The van der Waals surface area contributed by atoms with Crippen LogP contribution in [0.2, 0.25) is 0 Å². The van der Waals surface area contributed by atoms with Crippen molar-refractivity contribution in [1.29, 1.82) is 0 Å². The number of hydrogen-bond donors (Lipinski definition) is 12. The van der Waals surface area contributed by atoms with Gasteiger partial charge in [0.15, 0.2) is 18.9 Å². The summed E-state index contributed by atoms with van der Waals surface area (Å²) in [6.45, 7) is 1.75. The second-order valence-electron chi connectivity index (χ2n) is 28.2. The van der Waals surface area contributed by atoms with E-state index < -0.39 is 124 Å². The molecular formula is C78H143NO18. The molecule has 19 nitrogen and oxygen atoms in total. The van der Waals surface area contributed by atoms with Gasteiger partial charge in [0.2, 0.25) is 5.91 Å². The Hall–Kier alpha value is -2.25. The number of nitrogens with one attached hydrogen (secondary N) is 1. The zero-order valence-electron chi connectivity index (χ0n) is 60.6. The maximum atomic E-state index is 13.5. The van der Waals surface area contributed by atoms with Crippen molar-refractivity contribution < 1.29 is 89.4 Å². The minimum Gasteiger partial charge on any atom is -0.394 e. The van der Waals surface area contributed by atoms with Gasteiger partial charge in [0, 0.05) is 6.42 Å². The van der Waals surface area contributed by atoms with Crippen molar-refractivity contribution in [2.75, 3.05) is 26.4 Å². The molecule has 0 radical (unpaired) electrons. The number of ether oxygens (including phenoxy) is 6. The maximum absolute atomic E-state index is 13.5. The third-order valence-corrected chi connectivity index (χ3v) is 19.6. The molecule has 19 heteroatoms. The molecule has 1 amide bonds. The summed E-state index contributed by atoms with van der Waals surface area (Å²) in [7, 11) is 0. The quantitative estimate of drug-likeness (QED) is 0.0199. The Morgan fingerprint density at radius 2 is 0.660 bits per heavy atom. The Morgan fingerprint density at radius 3 is 1.03 bits per heavy atom. The lowest BCUT2D eigenvalue weighted by Gasteiger charge is -2.48. The molecule has 3 heterocycles. The number of rotatable bonds is 62. The number of unbranched alkanes of at least 4 members (excludes halogenated alkanes) is 40. The van der Waals surface area contributed by atoms with Crippen LogP contribution < -0.4 is 5.32 Å². The van der Waals surface area contributed by atoms with E-state index in [-0.39, 0.29) is 18.9 Å². The molecule has 568 valence electrons. The van der Waals surface area contributed by atoms with Gasteiger partial charge in [-0.25, -0.2) is 0 Å². The summed E-state index contributed by atoms with van der Waals surface area (Å²) in [4.78, 5) is 13.5. The Morgan fingerprint density at radius 1 is 0.361 bits per heavy atom. The van der Waals surface area contributed by atoms with Gasteiger partial charge in [0.25, 0.3) is 0 Å². The summed E-state index contributed by atoms with van der Waals surface area (Å²) in [5, 5.41) is 121. The number of hydrogen-bond acceptors (Lipinski definition) is 18. The van der Waals surface area contributed by atoms with Crippen LogP contribution in [0.3, 0.4) is 0 Å². The lowest BCUT2D eigenvalue weighted by atomic mass is 9.96. The van der Waals surface area contributed by atoms with Crippen LogP contribution in [-0.4, -0.2) is 193 Å². The van der Waals surface area contributed by atoms with Crippen molar-refractivity contribution in [1.82, 2.24) is 5.32 Å². The number of aliphatic hydroxyl groups is 11. The highest BCUT2D eigenvalue weighted by Gasteiger charge is 2.53. The molecule has 17 unspecified atom stereocenters. The molecule has 97 heavy (non-hydrogen) atoms. The third-order valence-electron chi connectivity index (χ3n) is 19.6. The van der Waals surface area contributed by atoms with Gasteiger partial charge >= 0.3 is 0 Å². The normalized spacial score (nSPS) is 27.1. The average molecular weight is 1380 g/mol. The van der Waals surface area contributed by atoms with Crippen LogP contribution in [0.1, 0.15) is 309 Å². The fraction of sp³-hybridized carbons (Fsp3) is 0.885. The molecule has 0 aliphatic carbocycles. The van der Waals surface area contributed by atoms with E-state index in [1.54, 1.807) is 6.08 Å². The highest BCUT2D eigenvalue weighted by Crippen LogP contribution is 2.33. The zero-order valence-corrected chi connectivity index (χ0v) is 60.6. The van der Waals surface area contributed by atoms with Crippen LogP contribution in [0.25, 0.3) is 0 Å². The lowest BCUT2D eigenvalue weighted by molar-refractivity contribution is -0.379. The van der Waals surface area contributed by atoms with Crippen LogP contribution in [0.5, 0.6) is 0 Å². The number of amides is 1. The van der Waals surface area contributed by atoms with Gasteiger partial charge in [0.05, 0.1) is 38.6 Å². The first-order chi connectivity index (χ1) is 47.3. The third kappa shape index (κ3) is 39.8. The molecular weight excluding hydrogens is 1240 g/mol. The van der Waals surface area contributed by atoms with Crippen molar-refractivity contribution in [2.24, 2.45) is 0 Å². The monoisotopic (exact) mass is 1380 g/mol. The second kappa shape index (κ2) is 59.2. The van der Waals surface area contributed by atoms with E-state index in [9.17, 15) is 61.0 Å². The van der Waals surface area contributed by atoms with E-state index in [4.69, 9.17) is 28.4 Å². The van der Waals surface area contributed by atoms with E-state index in [0.29, 0.717) is 12.8 Å². The van der Waals surface area contributed by atoms with Crippen molar-refractivity contribution in [2.45, 2.75) is 413 Å². The van der Waals surface area contributed by atoms with E-state index in [1.807, 2.05) is 6.08 Å². The minimum atomic E-state index is -1.98. The van der Waals surface area contributed by atoms with Crippen LogP contribution in [0.15, 0.2) is 48.6 Å². The first kappa shape index (κ1) is 89.0. The molecule has 12 N–H and O–H groups in total. The van der Waals surface area contributed by atoms with Crippen molar-refractivity contribution >= 4 is 5.91 Å². The SMILES string of the molecule is CCCCCCCCCC/C=C\CCCCCCCCCCCCCCCCCCCC(=O)NC(COC1OC(CO)C(OC2OC(CO)C(OC3OC(CO)C(O)C(O)C3O)C(O)C2O)C(O)C1O)C(O)/C=C/CC/C=C/CC/C=C/CCCCCCCCCCCCCCC. The van der Waals surface area contributed by atoms with E-state index in [2.05, 4.69) is 55.6 Å². The smallest absolute Gasteiger partial charge is 0.220 e. The number of carbonyl (C=O) groups is 1. The largest absolute Gasteiger partial charge is 0.394 e. The van der Waals surface area contributed by atoms with Gasteiger partial charge in [-0.3, -0.25) is 4.79 Å². The fourth-order valence-electron chi connectivity index (χ4n) is 13.2. The van der Waals surface area contributed by atoms with Gasteiger partial charge in [-0.2, -0.15) is 0 Å². The fourth-order valence-corrected chi connectivity index (χ4v) is 13.2. The van der Waals surface area contributed by atoms with Gasteiger partial charge in [-0.05, 0) is 70.6 Å². The molecule has 17 atom stereocenters. The summed E-state index contributed by atoms with van der Waals surface area (Å²) >= 11 is 0. The van der Waals surface area contributed by atoms with Crippen LogP contribution in [0, 0.1) is 0 Å². The van der Waals surface area contributed by atoms with E-state index >= 15 is 0 Å². The molecule has 3 fully saturated rings. The Labute approximate surface area is 586 Å². The molecule has 0 aromatic carbocycles. The standard InChI is InChI=1S/C78H143NO18/c1-3-5-7-9-11-13-15-17-19-21-23-25-27-28-29-30-31-32-34-36-38-40-42-44-46-48-50-52-54-56-66(84)79-61(62(83)55-53-51-49-47-45-43-41-39-37-35-33-26-24-22-20-18-16-14-12-10-8-6-4-2)60-92-76-72(90)69(87)74(64(58-81)94-76)97-78-73(91)70(88)75(65(59-82)95-78)96-77-71(89)68(86)67(85)63(57-80)93-77/h21,23,37,39,45,47,53,55,61-65,67-78,80-83,85-91H,3-20,22,24-36,38,40-44,46,48-52,54,56-60H2,1-2H3,(H,79,84)/b23-21-,39-37+,47-45+,55-53+. The number of allylic oxidation sites excluding steroid dienone is 7. The summed E-state index contributed by atoms with van der Waals surface area (Å²) in [5.41, 5.74) is 0. The van der Waals surface area contributed by atoms with Crippen LogP contribution in [0.4, 0.5) is 0 Å². The van der Waals surface area contributed by atoms with Gasteiger partial charge in [0.1, 0.15) is 73.2 Å². The number of carbonyl (C=O) groups excluding carboxylic acids is 1. The van der Waals surface area contributed by atoms with Crippen LogP contribution >= 0.6 is 0 Å². The summed E-state index contributed by atoms with van der Waals surface area (Å²) < 4.78 is 34.4. The molecule has 0 spiro atoms. The molecule has 0 saturated carbocycles. The summed E-state index contributed by atoms with van der Waals surface area (Å²) in [6, 6.07) is -0.997. The van der Waals surface area contributed by atoms with Gasteiger partial charge in [-0.1, -0.05) is 281 Å². The zero-order chi connectivity index (χ0) is 70.4. The summed E-state index contributed by atoms with van der Waals surface area (Å²) in [5.74, 6) is -0.285. The number of aliphatic hydroxyl groups excluding tert-OH is 11. The minimum absolute atomic E-state index is 0.234. The second-order valence-corrected chi connectivity index (χ2v) is 28.2. The average Bonchev–Trinajstić information content (AvgIpc) is 0.789. The Kier molecular flexibility index (Phi) is 54.3. The first-order valence-electron chi connectivity index (χ1n) is 39.4. The maximum Gasteiger partial charge on any atom is 0.220 e. The van der Waals surface area contributed by atoms with Crippen LogP contribution in [-0.2, 0) is 33.2 Å². The molecule has 0 aromatic heterocycles. The highest BCUT2D eigenvalue weighted by atomic mass is 16.8. The lowest BCUT2D eigenvalue weighted by Crippen LogP contribution is -2.66. The van der Waals surface area contributed by atoms with E-state index in [1.165, 1.54) is 231 Å². The van der Waals surface area contributed by atoms with Crippen molar-refractivity contribution in [3.05, 3.63) is 48.6 Å². The Bertz CT molecular complexity index is 1940. The Balaban J connectivity index is 1.40. The predicted octanol–water partition coefficient (Wildman–Crippen LogP) is 12.5. The topological polar surface area (TPSA) is 307 Å². The molecule has 0 bridgehead atoms. The first-order valence-corrected chi connectivity index (χ1v) is 39.4. The van der Waals surface area contributed by atoms with Gasteiger partial charge < -0.3 is 89.9 Å². The summed E-state index contributed by atoms with van der Waals surface area (Å²) in [6.07, 6.45) is 46.7. The molecule has 3 rings (SSSR count). The predicted molar refractivity (Wildman–Crippen MR) is 383 cm³/mol. The molecule has 3 saturated heterocycles. The van der Waals surface area contributed by atoms with Crippen molar-refractivity contribution in [3.63, 3.8) is 0 Å². The van der Waals surface area contributed by atoms with Crippen molar-refractivity contribution in [3.8, 4) is 0 Å². The molecule has 0 aromatic rings. The van der Waals surface area contributed by atoms with E-state index in [0.717, 1.165) is 44.9 Å². The molecule has 3 aliphatic rings.